The van der Waals surface area contributed by atoms with Crippen molar-refractivity contribution in [1.82, 2.24) is 4.90 Å². The van der Waals surface area contributed by atoms with Gasteiger partial charge < -0.3 is 39.5 Å². The van der Waals surface area contributed by atoms with Gasteiger partial charge in [-0.05, 0) is 25.2 Å². The van der Waals surface area contributed by atoms with Crippen molar-refractivity contribution in [3.8, 4) is 0 Å². The molecule has 0 saturated carbocycles. The fourth-order valence-corrected chi connectivity index (χ4v) is 3.83. The summed E-state index contributed by atoms with van der Waals surface area (Å²) in [5.74, 6) is 0.463. The second-order valence-electron chi connectivity index (χ2n) is 9.46. The van der Waals surface area contributed by atoms with Crippen molar-refractivity contribution in [2.75, 3.05) is 33.5 Å². The molecule has 0 aliphatic carbocycles. The molecule has 4 N–H and O–H groups in total. The molecule has 2 aliphatic heterocycles. The molecule has 0 radical (unpaired) electrons. The van der Waals surface area contributed by atoms with Gasteiger partial charge >= 0.3 is 0 Å². The maximum atomic E-state index is 12.4. The Labute approximate surface area is 192 Å². The van der Waals surface area contributed by atoms with Crippen molar-refractivity contribution in [1.29, 1.82) is 0 Å². The van der Waals surface area contributed by atoms with Gasteiger partial charge in [0, 0.05) is 32.6 Å². The number of carbonyl (C=O) groups excluding carboxylic acids is 1. The van der Waals surface area contributed by atoms with Crippen LogP contribution >= 0.6 is 0 Å². The van der Waals surface area contributed by atoms with Crippen molar-refractivity contribution >= 4 is 5.91 Å². The highest BCUT2D eigenvalue weighted by Crippen LogP contribution is 2.27. The van der Waals surface area contributed by atoms with Crippen molar-refractivity contribution in [2.45, 2.75) is 96.5 Å². The van der Waals surface area contributed by atoms with Crippen LogP contribution in [0.1, 0.15) is 59.8 Å². The van der Waals surface area contributed by atoms with E-state index in [4.69, 9.17) is 14.2 Å². The largest absolute Gasteiger partial charge is 0.394 e. The summed E-state index contributed by atoms with van der Waals surface area (Å²) in [6.07, 6.45) is -0.356. The first-order chi connectivity index (χ1) is 15.2. The molecule has 1 amide bonds. The average Bonchev–Trinajstić information content (AvgIpc) is 3.19. The number of aliphatic hydroxyl groups excluding tert-OH is 4. The fourth-order valence-electron chi connectivity index (χ4n) is 3.83. The third-order valence-corrected chi connectivity index (χ3v) is 5.75. The maximum absolute atomic E-state index is 12.4. The summed E-state index contributed by atoms with van der Waals surface area (Å²) >= 11 is 0. The lowest BCUT2D eigenvalue weighted by Crippen LogP contribution is -2.55. The summed E-state index contributed by atoms with van der Waals surface area (Å²) in [6.45, 7) is 8.72. The highest BCUT2D eigenvalue weighted by Gasteiger charge is 2.42. The predicted octanol–water partition coefficient (Wildman–Crippen LogP) is 0.909. The number of ether oxygens (including phenoxy) is 3. The first kappa shape index (κ1) is 29.2. The Morgan fingerprint density at radius 1 is 1.09 bits per heavy atom. The lowest BCUT2D eigenvalue weighted by atomic mass is 9.92. The maximum Gasteiger partial charge on any atom is 0.222 e. The van der Waals surface area contributed by atoms with Gasteiger partial charge in [0.1, 0.15) is 12.2 Å². The highest BCUT2D eigenvalue weighted by atomic mass is 16.7. The van der Waals surface area contributed by atoms with Crippen LogP contribution in [0.4, 0.5) is 0 Å². The van der Waals surface area contributed by atoms with Crippen molar-refractivity contribution < 1.29 is 39.4 Å². The molecule has 2 fully saturated rings. The molecule has 0 aromatic carbocycles. The number of hydrogen-bond donors (Lipinski definition) is 4. The van der Waals surface area contributed by atoms with Gasteiger partial charge in [0.25, 0.3) is 0 Å². The van der Waals surface area contributed by atoms with E-state index in [0.29, 0.717) is 26.0 Å². The Bertz CT molecular complexity index is 515. The lowest BCUT2D eigenvalue weighted by Gasteiger charge is -2.40. The van der Waals surface area contributed by atoms with Gasteiger partial charge in [0.15, 0.2) is 6.29 Å². The number of hydrogen-bond acceptors (Lipinski definition) is 8. The summed E-state index contributed by atoms with van der Waals surface area (Å²) in [4.78, 5) is 14.1. The van der Waals surface area contributed by atoms with Crippen LogP contribution < -0.4 is 0 Å². The number of rotatable bonds is 10. The number of unbranched alkanes of at least 4 members (excludes halogenated alkanes) is 2. The summed E-state index contributed by atoms with van der Waals surface area (Å²) in [5.41, 5.74) is 0. The molecule has 0 bridgehead atoms. The minimum absolute atomic E-state index is 0.0106. The Hall–Kier alpha value is -0.810. The van der Waals surface area contributed by atoms with Gasteiger partial charge in [-0.2, -0.15) is 0 Å². The standard InChI is InChI=1S/C19H35NO8.C4H10/c1-12-17(24)18(25)15(11-22)28-19(12)27-7-5-3-4-6-16(23)20-9-14(26-2)8-13(20)10-21;1-4(2)3/h12-15,17-19,21-22,24-25H,3-11H2,1-2H3;4H,1-3H3/t12?,13-,14+,15?,17+,18-,19+;/m0./s1. The molecular weight excluding hydrogens is 418 g/mol. The van der Waals surface area contributed by atoms with E-state index in [1.807, 2.05) is 0 Å². The fraction of sp³-hybridized carbons (Fsp3) is 0.957. The molecule has 2 aliphatic rings. The molecule has 9 nitrogen and oxygen atoms in total. The highest BCUT2D eigenvalue weighted by molar-refractivity contribution is 5.76. The number of methoxy groups -OCH3 is 1. The minimum Gasteiger partial charge on any atom is -0.394 e. The smallest absolute Gasteiger partial charge is 0.222 e. The third kappa shape index (κ3) is 9.21. The van der Waals surface area contributed by atoms with Gasteiger partial charge in [-0.25, -0.2) is 0 Å². The molecule has 7 atom stereocenters. The van der Waals surface area contributed by atoms with E-state index < -0.39 is 30.5 Å². The normalized spacial score (nSPS) is 32.7. The van der Waals surface area contributed by atoms with E-state index in [1.165, 1.54) is 0 Å². The molecular formula is C23H45NO8. The molecule has 0 aromatic rings. The van der Waals surface area contributed by atoms with E-state index in [0.717, 1.165) is 25.2 Å². The van der Waals surface area contributed by atoms with Crippen LogP contribution in [0, 0.1) is 11.8 Å². The van der Waals surface area contributed by atoms with Crippen LogP contribution in [0.25, 0.3) is 0 Å². The number of amides is 1. The zero-order chi connectivity index (χ0) is 24.3. The molecule has 2 unspecified atom stereocenters. The van der Waals surface area contributed by atoms with Crippen molar-refractivity contribution in [3.05, 3.63) is 0 Å². The Morgan fingerprint density at radius 3 is 2.31 bits per heavy atom. The van der Waals surface area contributed by atoms with Gasteiger partial charge in [0.05, 0.1) is 31.5 Å². The van der Waals surface area contributed by atoms with Gasteiger partial charge in [-0.1, -0.05) is 34.1 Å². The van der Waals surface area contributed by atoms with Crippen LogP contribution in [0.5, 0.6) is 0 Å². The molecule has 2 rings (SSSR count). The van der Waals surface area contributed by atoms with E-state index in [2.05, 4.69) is 20.8 Å². The summed E-state index contributed by atoms with van der Waals surface area (Å²) in [7, 11) is 1.62. The molecule has 2 saturated heterocycles. The Balaban J connectivity index is 0.00000118. The molecule has 9 heteroatoms. The van der Waals surface area contributed by atoms with Crippen LogP contribution in [-0.2, 0) is 19.0 Å². The van der Waals surface area contributed by atoms with Crippen LogP contribution in [0.3, 0.4) is 0 Å². The van der Waals surface area contributed by atoms with E-state index in [9.17, 15) is 25.2 Å². The summed E-state index contributed by atoms with van der Waals surface area (Å²) in [5, 5.41) is 38.5. The second-order valence-corrected chi connectivity index (χ2v) is 9.46. The van der Waals surface area contributed by atoms with E-state index in [1.54, 1.807) is 18.9 Å². The van der Waals surface area contributed by atoms with Crippen molar-refractivity contribution in [2.24, 2.45) is 11.8 Å². The van der Waals surface area contributed by atoms with E-state index >= 15 is 0 Å². The average molecular weight is 464 g/mol. The first-order valence-corrected chi connectivity index (χ1v) is 11.8. The zero-order valence-electron chi connectivity index (χ0n) is 20.4. The minimum atomic E-state index is -1.13. The molecule has 2 heterocycles. The van der Waals surface area contributed by atoms with Crippen LogP contribution in [0.2, 0.25) is 0 Å². The summed E-state index contributed by atoms with van der Waals surface area (Å²) < 4.78 is 16.5. The van der Waals surface area contributed by atoms with Gasteiger partial charge in [-0.3, -0.25) is 4.79 Å². The number of nitrogens with zero attached hydrogens (tertiary/aromatic N) is 1. The number of carbonyl (C=O) groups is 1. The Kier molecular flexibility index (Phi) is 13.8. The quantitative estimate of drug-likeness (QED) is 0.352. The second kappa shape index (κ2) is 15.2. The molecule has 190 valence electrons. The molecule has 32 heavy (non-hydrogen) atoms. The molecule has 0 spiro atoms. The van der Waals surface area contributed by atoms with Crippen LogP contribution in [-0.4, -0.2) is 101 Å². The van der Waals surface area contributed by atoms with Crippen molar-refractivity contribution in [3.63, 3.8) is 0 Å². The lowest BCUT2D eigenvalue weighted by molar-refractivity contribution is -0.282. The Morgan fingerprint density at radius 2 is 1.75 bits per heavy atom. The number of aliphatic hydroxyl groups is 4. The summed E-state index contributed by atoms with van der Waals surface area (Å²) in [6, 6.07) is -0.160. The van der Waals surface area contributed by atoms with Gasteiger partial charge in [0.2, 0.25) is 5.91 Å². The molecule has 0 aromatic heterocycles. The number of likely N-dealkylation sites (tertiary alicyclic amines) is 1. The predicted molar refractivity (Wildman–Crippen MR) is 120 cm³/mol. The first-order valence-electron chi connectivity index (χ1n) is 11.8. The topological polar surface area (TPSA) is 129 Å². The van der Waals surface area contributed by atoms with E-state index in [-0.39, 0.29) is 31.3 Å². The monoisotopic (exact) mass is 463 g/mol. The zero-order valence-corrected chi connectivity index (χ0v) is 20.4. The third-order valence-electron chi connectivity index (χ3n) is 5.75. The SMILES string of the molecule is CC(C)C.CO[C@@H]1C[C@@H](CO)N(C(=O)CCCCCO[C@@H]2OC(CO)[C@H](O)[C@H](O)C2C)C1. The van der Waals surface area contributed by atoms with Crippen LogP contribution in [0.15, 0.2) is 0 Å². The van der Waals surface area contributed by atoms with Gasteiger partial charge in [-0.15, -0.1) is 0 Å².